The average Bonchev–Trinajstić information content (AvgIpc) is 2.53. The number of nitrogens with one attached hydrogen (secondary N) is 2. The second-order valence-corrected chi connectivity index (χ2v) is 4.23. The van der Waals surface area contributed by atoms with Gasteiger partial charge >= 0.3 is 0 Å². The third-order valence-electron chi connectivity index (χ3n) is 2.80. The molecule has 0 saturated heterocycles. The van der Waals surface area contributed by atoms with Gasteiger partial charge in [-0.1, -0.05) is 6.07 Å². The number of non-ortho nitro benzene ring substituents is 1. The summed E-state index contributed by atoms with van der Waals surface area (Å²) in [4.78, 5) is 14.5. The molecule has 4 N–H and O–H groups in total. The summed E-state index contributed by atoms with van der Waals surface area (Å²) in [5.41, 5.74) is 4.33. The van der Waals surface area contributed by atoms with Crippen molar-refractivity contribution in [1.29, 1.82) is 0 Å². The molecule has 0 atom stereocenters. The van der Waals surface area contributed by atoms with E-state index in [0.717, 1.165) is 5.56 Å². The predicted molar refractivity (Wildman–Crippen MR) is 79.0 cm³/mol. The summed E-state index contributed by atoms with van der Waals surface area (Å²) >= 11 is 0. The maximum Gasteiger partial charge on any atom is 0.273 e. The van der Waals surface area contributed by atoms with Crippen LogP contribution >= 0.6 is 0 Å². The van der Waals surface area contributed by atoms with Crippen LogP contribution in [0.4, 0.5) is 17.1 Å². The molecular formula is C13H15N5O3. The molecular weight excluding hydrogens is 274 g/mol. The molecule has 0 unspecified atom stereocenters. The van der Waals surface area contributed by atoms with Crippen molar-refractivity contribution in [2.45, 2.75) is 6.54 Å². The molecule has 0 amide bonds. The first-order valence-electron chi connectivity index (χ1n) is 6.11. The van der Waals surface area contributed by atoms with Crippen molar-refractivity contribution in [1.82, 2.24) is 4.98 Å². The Morgan fingerprint density at radius 3 is 2.67 bits per heavy atom. The van der Waals surface area contributed by atoms with Gasteiger partial charge in [-0.25, -0.2) is 4.98 Å². The lowest BCUT2D eigenvalue weighted by Crippen LogP contribution is -2.08. The average molecular weight is 289 g/mol. The first kappa shape index (κ1) is 14.5. The van der Waals surface area contributed by atoms with E-state index >= 15 is 0 Å². The van der Waals surface area contributed by atoms with E-state index in [4.69, 9.17) is 10.6 Å². The van der Waals surface area contributed by atoms with E-state index in [2.05, 4.69) is 15.7 Å². The van der Waals surface area contributed by atoms with E-state index < -0.39 is 4.92 Å². The Labute approximate surface area is 121 Å². The van der Waals surface area contributed by atoms with Crippen LogP contribution in [0.25, 0.3) is 0 Å². The van der Waals surface area contributed by atoms with E-state index in [9.17, 15) is 10.1 Å². The maximum atomic E-state index is 10.9. The molecule has 110 valence electrons. The number of rotatable bonds is 6. The second kappa shape index (κ2) is 6.53. The number of nitrogen functional groups attached to an aromatic ring is 1. The van der Waals surface area contributed by atoms with Gasteiger partial charge in [0.2, 0.25) is 5.88 Å². The third-order valence-corrected chi connectivity index (χ3v) is 2.80. The topological polar surface area (TPSA) is 115 Å². The van der Waals surface area contributed by atoms with Crippen molar-refractivity contribution in [2.24, 2.45) is 5.84 Å². The van der Waals surface area contributed by atoms with Gasteiger partial charge < -0.3 is 15.5 Å². The van der Waals surface area contributed by atoms with Gasteiger partial charge in [-0.05, 0) is 11.6 Å². The second-order valence-electron chi connectivity index (χ2n) is 4.23. The van der Waals surface area contributed by atoms with Gasteiger partial charge in [-0.15, -0.1) is 0 Å². The summed E-state index contributed by atoms with van der Waals surface area (Å²) in [5.74, 6) is 5.83. The van der Waals surface area contributed by atoms with Crippen LogP contribution in [0.3, 0.4) is 0 Å². The SMILES string of the molecule is COc1ccc(CNc2cc(NN)cc([N+](=O)[O-])c2)cn1. The number of nitro benzene ring substituents is 1. The van der Waals surface area contributed by atoms with Gasteiger partial charge in [-0.2, -0.15) is 0 Å². The van der Waals surface area contributed by atoms with Crippen LogP contribution in [0.5, 0.6) is 5.88 Å². The molecule has 0 radical (unpaired) electrons. The van der Waals surface area contributed by atoms with E-state index in [1.54, 1.807) is 25.4 Å². The summed E-state index contributed by atoms with van der Waals surface area (Å²) in [6, 6.07) is 8.09. The van der Waals surface area contributed by atoms with Crippen LogP contribution < -0.4 is 21.3 Å². The molecule has 1 heterocycles. The number of hydrazine groups is 1. The number of aromatic nitrogens is 1. The molecule has 2 rings (SSSR count). The Bertz CT molecular complexity index is 630. The first-order chi connectivity index (χ1) is 10.1. The predicted octanol–water partition coefficient (Wildman–Crippen LogP) is 1.90. The van der Waals surface area contributed by atoms with E-state index in [0.29, 0.717) is 23.8 Å². The van der Waals surface area contributed by atoms with Crippen molar-refractivity contribution < 1.29 is 9.66 Å². The lowest BCUT2D eigenvalue weighted by molar-refractivity contribution is -0.384. The number of nitrogens with two attached hydrogens (primary N) is 1. The number of anilines is 2. The summed E-state index contributed by atoms with van der Waals surface area (Å²) in [6.45, 7) is 0.474. The van der Waals surface area contributed by atoms with Gasteiger partial charge in [-0.3, -0.25) is 16.0 Å². The largest absolute Gasteiger partial charge is 0.481 e. The number of pyridine rings is 1. The Kier molecular flexibility index (Phi) is 4.52. The maximum absolute atomic E-state index is 10.9. The molecule has 0 fully saturated rings. The Balaban J connectivity index is 2.11. The molecule has 2 aromatic rings. The minimum absolute atomic E-state index is 0.0409. The molecule has 0 aliphatic carbocycles. The summed E-state index contributed by atoms with van der Waals surface area (Å²) < 4.78 is 4.98. The number of nitrogens with zero attached hydrogens (tertiary/aromatic N) is 2. The molecule has 21 heavy (non-hydrogen) atoms. The fourth-order valence-electron chi connectivity index (χ4n) is 1.74. The van der Waals surface area contributed by atoms with E-state index in [1.807, 2.05) is 6.07 Å². The van der Waals surface area contributed by atoms with E-state index in [-0.39, 0.29) is 5.69 Å². The number of hydrogen-bond donors (Lipinski definition) is 3. The Morgan fingerprint density at radius 1 is 1.33 bits per heavy atom. The molecule has 0 aliphatic heterocycles. The van der Waals surface area contributed by atoms with Crippen LogP contribution in [0.1, 0.15) is 5.56 Å². The molecule has 0 bridgehead atoms. The lowest BCUT2D eigenvalue weighted by atomic mass is 10.2. The fraction of sp³-hybridized carbons (Fsp3) is 0.154. The van der Waals surface area contributed by atoms with Crippen molar-refractivity contribution in [3.63, 3.8) is 0 Å². The van der Waals surface area contributed by atoms with Crippen LogP contribution in [0.15, 0.2) is 36.5 Å². The smallest absolute Gasteiger partial charge is 0.273 e. The fourth-order valence-corrected chi connectivity index (χ4v) is 1.74. The first-order valence-corrected chi connectivity index (χ1v) is 6.11. The Morgan fingerprint density at radius 2 is 2.10 bits per heavy atom. The Hall–Kier alpha value is -2.87. The van der Waals surface area contributed by atoms with E-state index in [1.165, 1.54) is 12.1 Å². The number of ether oxygens (including phenoxy) is 1. The van der Waals surface area contributed by atoms with Gasteiger partial charge in [0.15, 0.2) is 0 Å². The third kappa shape index (κ3) is 3.80. The molecule has 1 aromatic heterocycles. The molecule has 0 spiro atoms. The summed E-state index contributed by atoms with van der Waals surface area (Å²) in [6.07, 6.45) is 1.67. The van der Waals surface area contributed by atoms with Crippen molar-refractivity contribution in [3.8, 4) is 5.88 Å². The number of benzene rings is 1. The van der Waals surface area contributed by atoms with Gasteiger partial charge in [0.25, 0.3) is 5.69 Å². The molecule has 8 heteroatoms. The number of methoxy groups -OCH3 is 1. The standard InChI is InChI=1S/C13H15N5O3/c1-21-13-3-2-9(8-16-13)7-15-10-4-11(17-14)6-12(5-10)18(19)20/h2-6,8,15,17H,7,14H2,1H3. The molecule has 1 aromatic carbocycles. The van der Waals surface area contributed by atoms with Gasteiger partial charge in [0.1, 0.15) is 0 Å². The minimum atomic E-state index is -0.471. The normalized spacial score (nSPS) is 10.0. The van der Waals surface area contributed by atoms with Crippen LogP contribution in [-0.2, 0) is 6.54 Å². The highest BCUT2D eigenvalue weighted by molar-refractivity contribution is 5.63. The van der Waals surface area contributed by atoms with Crippen LogP contribution in [0, 0.1) is 10.1 Å². The zero-order valence-corrected chi connectivity index (χ0v) is 11.4. The van der Waals surface area contributed by atoms with Gasteiger partial charge in [0, 0.05) is 36.6 Å². The van der Waals surface area contributed by atoms with Crippen LogP contribution in [-0.4, -0.2) is 17.0 Å². The zero-order chi connectivity index (χ0) is 15.2. The summed E-state index contributed by atoms with van der Waals surface area (Å²) in [5, 5.41) is 13.9. The van der Waals surface area contributed by atoms with Crippen molar-refractivity contribution in [3.05, 3.63) is 52.2 Å². The highest BCUT2D eigenvalue weighted by atomic mass is 16.6. The van der Waals surface area contributed by atoms with Crippen LogP contribution in [0.2, 0.25) is 0 Å². The molecule has 8 nitrogen and oxygen atoms in total. The van der Waals surface area contributed by atoms with Crippen molar-refractivity contribution in [2.75, 3.05) is 17.9 Å². The number of nitro groups is 1. The minimum Gasteiger partial charge on any atom is -0.481 e. The molecule has 0 aliphatic rings. The van der Waals surface area contributed by atoms with Crippen molar-refractivity contribution >= 4 is 17.1 Å². The quantitative estimate of drug-likeness (QED) is 0.422. The molecule has 0 saturated carbocycles. The number of hydrogen-bond acceptors (Lipinski definition) is 7. The summed E-state index contributed by atoms with van der Waals surface area (Å²) in [7, 11) is 1.55. The monoisotopic (exact) mass is 289 g/mol. The highest BCUT2D eigenvalue weighted by Crippen LogP contribution is 2.24. The highest BCUT2D eigenvalue weighted by Gasteiger charge is 2.09. The van der Waals surface area contributed by atoms with Gasteiger partial charge in [0.05, 0.1) is 17.7 Å². The lowest BCUT2D eigenvalue weighted by Gasteiger charge is -2.09. The zero-order valence-electron chi connectivity index (χ0n) is 11.4.